The summed E-state index contributed by atoms with van der Waals surface area (Å²) in [6, 6.07) is 9.20. The summed E-state index contributed by atoms with van der Waals surface area (Å²) in [4.78, 5) is 5.94. The van der Waals surface area contributed by atoms with E-state index in [0.717, 1.165) is 11.3 Å². The number of anilines is 1. The van der Waals surface area contributed by atoms with Gasteiger partial charge in [0.15, 0.2) is 11.6 Å². The Morgan fingerprint density at radius 1 is 1.30 bits per heavy atom. The van der Waals surface area contributed by atoms with E-state index < -0.39 is 5.82 Å². The molecule has 0 radical (unpaired) electrons. The van der Waals surface area contributed by atoms with Crippen molar-refractivity contribution in [2.24, 2.45) is 0 Å². The Bertz CT molecular complexity index is 619. The van der Waals surface area contributed by atoms with Gasteiger partial charge in [-0.05, 0) is 12.1 Å². The van der Waals surface area contributed by atoms with E-state index in [9.17, 15) is 4.39 Å². The number of nitrogens with zero attached hydrogens (tertiary/aromatic N) is 2. The smallest absolute Gasteiger partial charge is 0.171 e. The Kier molecular flexibility index (Phi) is 3.52. The fraction of sp³-hybridized carbons (Fsp3) is 0.267. The van der Waals surface area contributed by atoms with Crippen LogP contribution < -0.4 is 9.64 Å². The van der Waals surface area contributed by atoms with E-state index >= 15 is 0 Å². The SMILES string of the molecule is OCc1ccnc(N2CCOc3ccccc3C2)c1F. The number of aromatic nitrogens is 1. The second-order valence-corrected chi connectivity index (χ2v) is 4.64. The van der Waals surface area contributed by atoms with Crippen LogP contribution in [0.4, 0.5) is 10.2 Å². The maximum absolute atomic E-state index is 14.3. The van der Waals surface area contributed by atoms with Gasteiger partial charge in [0, 0.05) is 23.9 Å². The van der Waals surface area contributed by atoms with Crippen LogP contribution in [0, 0.1) is 5.82 Å². The molecule has 0 saturated carbocycles. The number of para-hydroxylation sites is 1. The summed E-state index contributed by atoms with van der Waals surface area (Å²) in [5.41, 5.74) is 1.26. The molecule has 5 heteroatoms. The van der Waals surface area contributed by atoms with Gasteiger partial charge in [0.1, 0.15) is 12.4 Å². The number of hydrogen-bond acceptors (Lipinski definition) is 4. The fourth-order valence-corrected chi connectivity index (χ4v) is 2.32. The second-order valence-electron chi connectivity index (χ2n) is 4.64. The van der Waals surface area contributed by atoms with Crippen LogP contribution in [-0.2, 0) is 13.2 Å². The molecule has 1 N–H and O–H groups in total. The summed E-state index contributed by atoms with van der Waals surface area (Å²) < 4.78 is 19.9. The first-order valence-electron chi connectivity index (χ1n) is 6.49. The van der Waals surface area contributed by atoms with Crippen LogP contribution in [0.25, 0.3) is 0 Å². The van der Waals surface area contributed by atoms with Gasteiger partial charge < -0.3 is 14.7 Å². The number of halogens is 1. The highest BCUT2D eigenvalue weighted by Gasteiger charge is 2.20. The summed E-state index contributed by atoms with van der Waals surface area (Å²) >= 11 is 0. The van der Waals surface area contributed by atoms with Crippen LogP contribution in [0.15, 0.2) is 36.5 Å². The zero-order valence-corrected chi connectivity index (χ0v) is 10.9. The molecule has 4 nitrogen and oxygen atoms in total. The van der Waals surface area contributed by atoms with Crippen LogP contribution in [0.3, 0.4) is 0 Å². The average molecular weight is 274 g/mol. The first kappa shape index (κ1) is 12.9. The van der Waals surface area contributed by atoms with Crippen molar-refractivity contribution in [3.8, 4) is 5.75 Å². The Labute approximate surface area is 116 Å². The van der Waals surface area contributed by atoms with Gasteiger partial charge in [-0.3, -0.25) is 0 Å². The van der Waals surface area contributed by atoms with Gasteiger partial charge >= 0.3 is 0 Å². The normalized spacial score (nSPS) is 14.4. The molecule has 2 aromatic rings. The average Bonchev–Trinajstić information content (AvgIpc) is 2.69. The predicted molar refractivity (Wildman–Crippen MR) is 73.1 cm³/mol. The maximum Gasteiger partial charge on any atom is 0.171 e. The molecule has 1 aromatic carbocycles. The lowest BCUT2D eigenvalue weighted by Gasteiger charge is -2.22. The number of aliphatic hydroxyl groups excluding tert-OH is 1. The third-order valence-corrected chi connectivity index (χ3v) is 3.37. The lowest BCUT2D eigenvalue weighted by atomic mass is 10.2. The van der Waals surface area contributed by atoms with Gasteiger partial charge in [0.2, 0.25) is 0 Å². The third-order valence-electron chi connectivity index (χ3n) is 3.37. The van der Waals surface area contributed by atoms with Crippen LogP contribution in [0.2, 0.25) is 0 Å². The number of fused-ring (bicyclic) bond motifs is 1. The highest BCUT2D eigenvalue weighted by Crippen LogP contribution is 2.27. The molecule has 0 unspecified atom stereocenters. The van der Waals surface area contributed by atoms with Crippen LogP contribution in [-0.4, -0.2) is 23.2 Å². The number of hydrogen-bond donors (Lipinski definition) is 1. The van der Waals surface area contributed by atoms with Crippen molar-refractivity contribution in [3.05, 3.63) is 53.5 Å². The molecule has 3 rings (SSSR count). The minimum Gasteiger partial charge on any atom is -0.491 e. The topological polar surface area (TPSA) is 45.6 Å². The van der Waals surface area contributed by atoms with E-state index in [-0.39, 0.29) is 18.0 Å². The van der Waals surface area contributed by atoms with Crippen molar-refractivity contribution in [3.63, 3.8) is 0 Å². The molecule has 1 aliphatic heterocycles. The van der Waals surface area contributed by atoms with E-state index in [1.165, 1.54) is 12.3 Å². The van der Waals surface area contributed by atoms with E-state index in [0.29, 0.717) is 19.7 Å². The molecular weight excluding hydrogens is 259 g/mol. The Morgan fingerprint density at radius 3 is 3.00 bits per heavy atom. The number of rotatable bonds is 2. The molecule has 0 spiro atoms. The van der Waals surface area contributed by atoms with Crippen molar-refractivity contribution in [1.29, 1.82) is 0 Å². The molecule has 1 aromatic heterocycles. The zero-order chi connectivity index (χ0) is 13.9. The molecule has 0 fully saturated rings. The molecule has 0 aliphatic carbocycles. The van der Waals surface area contributed by atoms with Gasteiger partial charge in [0.25, 0.3) is 0 Å². The maximum atomic E-state index is 14.3. The summed E-state index contributed by atoms with van der Waals surface area (Å²) in [7, 11) is 0. The Morgan fingerprint density at radius 2 is 2.15 bits per heavy atom. The summed E-state index contributed by atoms with van der Waals surface area (Å²) in [5.74, 6) is 0.625. The molecule has 2 heterocycles. The molecular formula is C15H15FN2O2. The lowest BCUT2D eigenvalue weighted by molar-refractivity contribution is 0.275. The van der Waals surface area contributed by atoms with Gasteiger partial charge in [-0.1, -0.05) is 18.2 Å². The van der Waals surface area contributed by atoms with Crippen molar-refractivity contribution in [2.75, 3.05) is 18.1 Å². The van der Waals surface area contributed by atoms with E-state index in [2.05, 4.69) is 4.98 Å². The highest BCUT2D eigenvalue weighted by molar-refractivity contribution is 5.46. The zero-order valence-electron chi connectivity index (χ0n) is 10.9. The summed E-state index contributed by atoms with van der Waals surface area (Å²) in [6.07, 6.45) is 1.52. The summed E-state index contributed by atoms with van der Waals surface area (Å²) in [5, 5.41) is 9.14. The third kappa shape index (κ3) is 2.32. The van der Waals surface area contributed by atoms with Crippen molar-refractivity contribution < 1.29 is 14.2 Å². The van der Waals surface area contributed by atoms with E-state index in [1.807, 2.05) is 29.2 Å². The first-order valence-corrected chi connectivity index (χ1v) is 6.49. The number of benzene rings is 1. The monoisotopic (exact) mass is 274 g/mol. The number of ether oxygens (including phenoxy) is 1. The minimum atomic E-state index is -0.464. The van der Waals surface area contributed by atoms with Gasteiger partial charge in [0.05, 0.1) is 13.2 Å². The van der Waals surface area contributed by atoms with Crippen molar-refractivity contribution in [2.45, 2.75) is 13.2 Å². The van der Waals surface area contributed by atoms with Crippen LogP contribution >= 0.6 is 0 Å². The quantitative estimate of drug-likeness (QED) is 0.911. The summed E-state index contributed by atoms with van der Waals surface area (Å²) in [6.45, 7) is 1.23. The predicted octanol–water partition coefficient (Wildman–Crippen LogP) is 2.11. The molecule has 20 heavy (non-hydrogen) atoms. The molecule has 0 bridgehead atoms. The Hall–Kier alpha value is -2.14. The van der Waals surface area contributed by atoms with Gasteiger partial charge in [-0.25, -0.2) is 9.37 Å². The number of pyridine rings is 1. The number of aliphatic hydroxyl groups is 1. The largest absolute Gasteiger partial charge is 0.491 e. The van der Waals surface area contributed by atoms with Gasteiger partial charge in [-0.2, -0.15) is 0 Å². The highest BCUT2D eigenvalue weighted by atomic mass is 19.1. The molecule has 0 amide bonds. The molecule has 0 saturated heterocycles. The minimum absolute atomic E-state index is 0.258. The van der Waals surface area contributed by atoms with Gasteiger partial charge in [-0.15, -0.1) is 0 Å². The lowest BCUT2D eigenvalue weighted by Crippen LogP contribution is -2.27. The van der Waals surface area contributed by atoms with E-state index in [1.54, 1.807) is 0 Å². The van der Waals surface area contributed by atoms with Crippen molar-refractivity contribution >= 4 is 5.82 Å². The molecule has 1 aliphatic rings. The van der Waals surface area contributed by atoms with E-state index in [4.69, 9.17) is 9.84 Å². The first-order chi connectivity index (χ1) is 9.79. The molecule has 104 valence electrons. The van der Waals surface area contributed by atoms with Crippen molar-refractivity contribution in [1.82, 2.24) is 4.98 Å². The molecule has 0 atom stereocenters. The van der Waals surface area contributed by atoms with Crippen LogP contribution in [0.1, 0.15) is 11.1 Å². The second kappa shape index (κ2) is 5.46. The van der Waals surface area contributed by atoms with Crippen LogP contribution in [0.5, 0.6) is 5.75 Å². The Balaban J connectivity index is 1.95. The standard InChI is InChI=1S/C15H15FN2O2/c16-14-12(10-19)5-6-17-15(14)18-7-8-20-13-4-2-1-3-11(13)9-18/h1-6,19H,7-10H2. The fourth-order valence-electron chi connectivity index (χ4n) is 2.32.